The molecule has 1 aliphatic carbocycles. The SMILES string of the molecule is CCCC1(CCC)c2ccccc2-c2ccc(N(c3ccccc3)c3ccc(-n4c5ccccc5c5ccccc54)cc3)cc21. The van der Waals surface area contributed by atoms with Gasteiger partial charge in [-0.2, -0.15) is 0 Å². The average Bonchev–Trinajstić information content (AvgIpc) is 3.57. The van der Waals surface area contributed by atoms with E-state index in [4.69, 9.17) is 0 Å². The molecule has 0 N–H and O–H groups in total. The largest absolute Gasteiger partial charge is 0.310 e. The van der Waals surface area contributed by atoms with Crippen molar-refractivity contribution in [1.29, 1.82) is 0 Å². The van der Waals surface area contributed by atoms with Gasteiger partial charge < -0.3 is 9.47 Å². The van der Waals surface area contributed by atoms with Crippen LogP contribution in [0.1, 0.15) is 50.7 Å². The van der Waals surface area contributed by atoms with Gasteiger partial charge in [0, 0.05) is 38.9 Å². The van der Waals surface area contributed by atoms with Crippen molar-refractivity contribution < 1.29 is 0 Å². The molecular formula is C43H38N2. The summed E-state index contributed by atoms with van der Waals surface area (Å²) in [7, 11) is 0. The highest BCUT2D eigenvalue weighted by molar-refractivity contribution is 6.09. The molecule has 220 valence electrons. The lowest BCUT2D eigenvalue weighted by atomic mass is 9.71. The molecule has 2 nitrogen and oxygen atoms in total. The first kappa shape index (κ1) is 27.5. The van der Waals surface area contributed by atoms with E-state index in [1.54, 1.807) is 0 Å². The number of benzene rings is 6. The molecule has 45 heavy (non-hydrogen) atoms. The first-order chi connectivity index (χ1) is 22.2. The van der Waals surface area contributed by atoms with Crippen LogP contribution in [0.25, 0.3) is 38.6 Å². The summed E-state index contributed by atoms with van der Waals surface area (Å²) in [6.07, 6.45) is 4.63. The van der Waals surface area contributed by atoms with Gasteiger partial charge in [-0.15, -0.1) is 0 Å². The number of rotatable bonds is 8. The van der Waals surface area contributed by atoms with Gasteiger partial charge in [0.2, 0.25) is 0 Å². The summed E-state index contributed by atoms with van der Waals surface area (Å²) >= 11 is 0. The fraction of sp³-hybridized carbons (Fsp3) is 0.163. The molecule has 7 aromatic rings. The Balaban J connectivity index is 1.28. The number of fused-ring (bicyclic) bond motifs is 6. The molecule has 0 saturated heterocycles. The Hall–Kier alpha value is -5.08. The second kappa shape index (κ2) is 11.1. The highest BCUT2D eigenvalue weighted by Crippen LogP contribution is 2.55. The number of hydrogen-bond donors (Lipinski definition) is 0. The zero-order chi connectivity index (χ0) is 30.4. The van der Waals surface area contributed by atoms with Crippen LogP contribution < -0.4 is 4.90 Å². The summed E-state index contributed by atoms with van der Waals surface area (Å²) in [6.45, 7) is 4.66. The number of anilines is 3. The molecule has 0 bridgehead atoms. The minimum atomic E-state index is 0.0498. The molecule has 8 rings (SSSR count). The molecule has 0 unspecified atom stereocenters. The quantitative estimate of drug-likeness (QED) is 0.173. The van der Waals surface area contributed by atoms with Crippen LogP contribution in [0.3, 0.4) is 0 Å². The van der Waals surface area contributed by atoms with E-state index in [1.165, 1.54) is 55.4 Å². The van der Waals surface area contributed by atoms with Crippen molar-refractivity contribution in [3.05, 3.63) is 157 Å². The van der Waals surface area contributed by atoms with Crippen LogP contribution in [0.5, 0.6) is 0 Å². The molecular weight excluding hydrogens is 544 g/mol. The summed E-state index contributed by atoms with van der Waals surface area (Å²) in [6, 6.07) is 53.6. The predicted octanol–water partition coefficient (Wildman–Crippen LogP) is 12.1. The molecule has 0 atom stereocenters. The smallest absolute Gasteiger partial charge is 0.0541 e. The second-order valence-electron chi connectivity index (χ2n) is 12.4. The third-order valence-corrected chi connectivity index (χ3v) is 9.82. The lowest BCUT2D eigenvalue weighted by Crippen LogP contribution is -2.25. The van der Waals surface area contributed by atoms with E-state index in [9.17, 15) is 0 Å². The van der Waals surface area contributed by atoms with Gasteiger partial charge in [0.25, 0.3) is 0 Å². The Labute approximate surface area is 266 Å². The van der Waals surface area contributed by atoms with Crippen molar-refractivity contribution in [3.63, 3.8) is 0 Å². The third-order valence-electron chi connectivity index (χ3n) is 9.82. The van der Waals surface area contributed by atoms with E-state index in [0.717, 1.165) is 37.1 Å². The van der Waals surface area contributed by atoms with Crippen LogP contribution in [0.15, 0.2) is 146 Å². The van der Waals surface area contributed by atoms with Gasteiger partial charge in [0.05, 0.1) is 11.0 Å². The number of hydrogen-bond acceptors (Lipinski definition) is 1. The van der Waals surface area contributed by atoms with Gasteiger partial charge in [-0.3, -0.25) is 0 Å². The summed E-state index contributed by atoms with van der Waals surface area (Å²) in [5, 5.41) is 2.56. The van der Waals surface area contributed by atoms with Gasteiger partial charge in [0.15, 0.2) is 0 Å². The Morgan fingerprint density at radius 3 is 1.69 bits per heavy atom. The van der Waals surface area contributed by atoms with Crippen molar-refractivity contribution >= 4 is 38.9 Å². The third kappa shape index (κ3) is 4.31. The maximum absolute atomic E-state index is 2.49. The van der Waals surface area contributed by atoms with Gasteiger partial charge in [0.1, 0.15) is 0 Å². The lowest BCUT2D eigenvalue weighted by Gasteiger charge is -2.33. The van der Waals surface area contributed by atoms with Crippen LogP contribution in [0.4, 0.5) is 17.1 Å². The van der Waals surface area contributed by atoms with E-state index in [0.29, 0.717) is 0 Å². The molecule has 1 aliphatic rings. The van der Waals surface area contributed by atoms with E-state index in [1.807, 2.05) is 0 Å². The Kier molecular flexibility index (Phi) is 6.79. The monoisotopic (exact) mass is 582 g/mol. The minimum Gasteiger partial charge on any atom is -0.310 e. The predicted molar refractivity (Wildman–Crippen MR) is 191 cm³/mol. The molecule has 0 aliphatic heterocycles. The molecule has 0 radical (unpaired) electrons. The van der Waals surface area contributed by atoms with Crippen LogP contribution in [0.2, 0.25) is 0 Å². The highest BCUT2D eigenvalue weighted by Gasteiger charge is 2.42. The summed E-state index contributed by atoms with van der Waals surface area (Å²) in [5.41, 5.74) is 13.0. The van der Waals surface area contributed by atoms with Crippen LogP contribution in [-0.4, -0.2) is 4.57 Å². The number of aromatic nitrogens is 1. The molecule has 1 aromatic heterocycles. The molecule has 2 heteroatoms. The lowest BCUT2D eigenvalue weighted by molar-refractivity contribution is 0.436. The van der Waals surface area contributed by atoms with Gasteiger partial charge >= 0.3 is 0 Å². The molecule has 1 heterocycles. The molecule has 6 aromatic carbocycles. The van der Waals surface area contributed by atoms with E-state index in [2.05, 4.69) is 169 Å². The zero-order valence-corrected chi connectivity index (χ0v) is 26.1. The molecule has 0 saturated carbocycles. The van der Waals surface area contributed by atoms with Gasteiger partial charge in [-0.05, 0) is 95.8 Å². The molecule has 0 fully saturated rings. The first-order valence-electron chi connectivity index (χ1n) is 16.4. The van der Waals surface area contributed by atoms with Gasteiger partial charge in [-0.25, -0.2) is 0 Å². The maximum atomic E-state index is 2.49. The zero-order valence-electron chi connectivity index (χ0n) is 26.1. The minimum absolute atomic E-state index is 0.0498. The molecule has 0 amide bonds. The molecule has 0 spiro atoms. The first-order valence-corrected chi connectivity index (χ1v) is 16.4. The second-order valence-corrected chi connectivity index (χ2v) is 12.4. The van der Waals surface area contributed by atoms with Crippen molar-refractivity contribution in [2.75, 3.05) is 4.90 Å². The van der Waals surface area contributed by atoms with Gasteiger partial charge in [-0.1, -0.05) is 112 Å². The number of nitrogens with zero attached hydrogens (tertiary/aromatic N) is 2. The standard InChI is InChI=1S/C43H38N2/c1-3-28-43(29-4-2)39-19-11-8-16-35(39)36-27-26-34(30-40(36)43)44(31-14-6-5-7-15-31)32-22-24-33(25-23-32)45-41-20-12-9-17-37(41)38-18-10-13-21-42(38)45/h5-27,30H,3-4,28-29H2,1-2H3. The maximum Gasteiger partial charge on any atom is 0.0541 e. The summed E-state index contributed by atoms with van der Waals surface area (Å²) in [5.74, 6) is 0. The van der Waals surface area contributed by atoms with Crippen molar-refractivity contribution in [3.8, 4) is 16.8 Å². The van der Waals surface area contributed by atoms with E-state index in [-0.39, 0.29) is 5.41 Å². The average molecular weight is 583 g/mol. The van der Waals surface area contributed by atoms with Crippen molar-refractivity contribution in [1.82, 2.24) is 4.57 Å². The fourth-order valence-electron chi connectivity index (χ4n) is 8.08. The topological polar surface area (TPSA) is 8.17 Å². The van der Waals surface area contributed by atoms with Crippen molar-refractivity contribution in [2.24, 2.45) is 0 Å². The number of para-hydroxylation sites is 3. The van der Waals surface area contributed by atoms with Crippen LogP contribution in [0, 0.1) is 0 Å². The fourth-order valence-corrected chi connectivity index (χ4v) is 8.08. The Morgan fingerprint density at radius 1 is 0.489 bits per heavy atom. The van der Waals surface area contributed by atoms with E-state index < -0.39 is 0 Å². The van der Waals surface area contributed by atoms with Crippen LogP contribution in [-0.2, 0) is 5.41 Å². The summed E-state index contributed by atoms with van der Waals surface area (Å²) < 4.78 is 2.39. The van der Waals surface area contributed by atoms with E-state index >= 15 is 0 Å². The summed E-state index contributed by atoms with van der Waals surface area (Å²) in [4.78, 5) is 2.42. The van der Waals surface area contributed by atoms with Crippen LogP contribution >= 0.6 is 0 Å². The van der Waals surface area contributed by atoms with Crippen molar-refractivity contribution in [2.45, 2.75) is 44.9 Å². The normalized spacial score (nSPS) is 13.2. The highest BCUT2D eigenvalue weighted by atomic mass is 15.1. The Bertz CT molecular complexity index is 2080. The Morgan fingerprint density at radius 2 is 1.02 bits per heavy atom.